The van der Waals surface area contributed by atoms with Crippen molar-refractivity contribution in [2.45, 2.75) is 77.1 Å². The second-order valence-electron chi connectivity index (χ2n) is 7.52. The highest BCUT2D eigenvalue weighted by Crippen LogP contribution is 2.37. The van der Waals surface area contributed by atoms with E-state index in [2.05, 4.69) is 48.6 Å². The molecule has 1 aliphatic carbocycles. The van der Waals surface area contributed by atoms with Crippen LogP contribution in [-0.2, 0) is 9.31 Å². The lowest BCUT2D eigenvalue weighted by Gasteiger charge is -2.32. The van der Waals surface area contributed by atoms with Gasteiger partial charge in [-0.05, 0) is 75.4 Å². The molecule has 2 fully saturated rings. The molecule has 6 heteroatoms. The third-order valence-corrected chi connectivity index (χ3v) is 5.75. The molecule has 1 saturated carbocycles. The quantitative estimate of drug-likeness (QED) is 0.745. The summed E-state index contributed by atoms with van der Waals surface area (Å²) in [6, 6.07) is 1.99. The molecule has 0 atom stereocenters. The Hall–Kier alpha value is -0.585. The molecule has 23 heavy (non-hydrogen) atoms. The molecular weight excluding hydrogens is 357 g/mol. The fourth-order valence-corrected chi connectivity index (χ4v) is 3.44. The summed E-state index contributed by atoms with van der Waals surface area (Å²) in [5, 5.41) is 0. The summed E-state index contributed by atoms with van der Waals surface area (Å²) in [6.07, 6.45) is 8.12. The SMILES string of the molecule is CC1(C)OB(c2cnc(OC3CCCCC3)c(Br)c2)OC1(C)C. The predicted molar refractivity (Wildman–Crippen MR) is 95.2 cm³/mol. The Morgan fingerprint density at radius 2 is 1.74 bits per heavy atom. The molecule has 0 N–H and O–H groups in total. The van der Waals surface area contributed by atoms with Gasteiger partial charge in [-0.3, -0.25) is 0 Å². The van der Waals surface area contributed by atoms with E-state index in [0.717, 1.165) is 22.8 Å². The number of rotatable bonds is 3. The molecule has 4 nitrogen and oxygen atoms in total. The number of ether oxygens (including phenoxy) is 1. The maximum Gasteiger partial charge on any atom is 0.496 e. The summed E-state index contributed by atoms with van der Waals surface area (Å²) in [5.74, 6) is 0.664. The minimum Gasteiger partial charge on any atom is -0.474 e. The Labute approximate surface area is 147 Å². The summed E-state index contributed by atoms with van der Waals surface area (Å²) < 4.78 is 19.0. The molecule has 0 radical (unpaired) electrons. The van der Waals surface area contributed by atoms with Gasteiger partial charge in [0, 0.05) is 11.7 Å². The highest BCUT2D eigenvalue weighted by Gasteiger charge is 2.51. The zero-order valence-corrected chi connectivity index (χ0v) is 16.0. The van der Waals surface area contributed by atoms with Gasteiger partial charge in [-0.2, -0.15) is 0 Å². The van der Waals surface area contributed by atoms with Crippen LogP contribution >= 0.6 is 15.9 Å². The van der Waals surface area contributed by atoms with Crippen LogP contribution in [0.25, 0.3) is 0 Å². The van der Waals surface area contributed by atoms with Gasteiger partial charge in [0.25, 0.3) is 0 Å². The Balaban J connectivity index is 1.72. The molecule has 1 aromatic heterocycles. The van der Waals surface area contributed by atoms with E-state index in [9.17, 15) is 0 Å². The first kappa shape index (κ1) is 17.2. The van der Waals surface area contributed by atoms with Crippen molar-refractivity contribution in [3.63, 3.8) is 0 Å². The molecule has 2 heterocycles. The second-order valence-corrected chi connectivity index (χ2v) is 8.38. The monoisotopic (exact) mass is 381 g/mol. The minimum absolute atomic E-state index is 0.287. The van der Waals surface area contributed by atoms with Gasteiger partial charge in [0.05, 0.1) is 15.7 Å². The minimum atomic E-state index is -0.396. The average molecular weight is 382 g/mol. The highest BCUT2D eigenvalue weighted by atomic mass is 79.9. The molecule has 1 aliphatic heterocycles. The molecule has 0 bridgehead atoms. The van der Waals surface area contributed by atoms with Crippen LogP contribution in [0.1, 0.15) is 59.8 Å². The second kappa shape index (κ2) is 6.38. The van der Waals surface area contributed by atoms with Gasteiger partial charge in [0.2, 0.25) is 5.88 Å². The Bertz CT molecular complexity index is 557. The van der Waals surface area contributed by atoms with Crippen molar-refractivity contribution in [1.29, 1.82) is 0 Å². The first-order valence-electron chi connectivity index (χ1n) is 8.46. The Kier molecular flexibility index (Phi) is 4.78. The molecule has 1 saturated heterocycles. The van der Waals surface area contributed by atoms with Crippen molar-refractivity contribution >= 4 is 28.5 Å². The Morgan fingerprint density at radius 3 is 2.30 bits per heavy atom. The maximum atomic E-state index is 6.07. The van der Waals surface area contributed by atoms with Crippen LogP contribution in [0.4, 0.5) is 0 Å². The van der Waals surface area contributed by atoms with Gasteiger partial charge in [-0.1, -0.05) is 6.42 Å². The van der Waals surface area contributed by atoms with Crippen LogP contribution in [0, 0.1) is 0 Å². The van der Waals surface area contributed by atoms with Gasteiger partial charge in [-0.25, -0.2) is 4.98 Å². The maximum absolute atomic E-state index is 6.07. The molecule has 0 aromatic carbocycles. The van der Waals surface area contributed by atoms with Crippen molar-refractivity contribution in [3.8, 4) is 5.88 Å². The number of nitrogens with zero attached hydrogens (tertiary/aromatic N) is 1. The summed E-state index contributed by atoms with van der Waals surface area (Å²) in [5.41, 5.74) is 0.217. The average Bonchev–Trinajstić information content (AvgIpc) is 2.71. The summed E-state index contributed by atoms with van der Waals surface area (Å²) in [4.78, 5) is 4.48. The fraction of sp³-hybridized carbons (Fsp3) is 0.706. The highest BCUT2D eigenvalue weighted by molar-refractivity contribution is 9.10. The topological polar surface area (TPSA) is 40.6 Å². The van der Waals surface area contributed by atoms with Crippen molar-refractivity contribution in [2.24, 2.45) is 0 Å². The van der Waals surface area contributed by atoms with E-state index in [1.54, 1.807) is 6.20 Å². The smallest absolute Gasteiger partial charge is 0.474 e. The molecule has 3 rings (SSSR count). The first-order chi connectivity index (χ1) is 10.8. The summed E-state index contributed by atoms with van der Waals surface area (Å²) in [7, 11) is -0.396. The van der Waals surface area contributed by atoms with E-state index in [1.165, 1.54) is 19.3 Å². The number of pyridine rings is 1. The lowest BCUT2D eigenvalue weighted by atomic mass is 9.80. The van der Waals surface area contributed by atoms with Crippen molar-refractivity contribution in [1.82, 2.24) is 4.98 Å². The third-order valence-electron chi connectivity index (χ3n) is 5.18. The molecule has 0 amide bonds. The van der Waals surface area contributed by atoms with E-state index < -0.39 is 7.12 Å². The molecule has 0 spiro atoms. The van der Waals surface area contributed by atoms with Crippen LogP contribution in [0.15, 0.2) is 16.7 Å². The predicted octanol–water partition coefficient (Wildman–Crippen LogP) is 3.85. The molecular formula is C17H25BBrNO3. The van der Waals surface area contributed by atoms with E-state index >= 15 is 0 Å². The molecule has 1 aromatic rings. The summed E-state index contributed by atoms with van der Waals surface area (Å²) in [6.45, 7) is 8.21. The van der Waals surface area contributed by atoms with Crippen LogP contribution in [-0.4, -0.2) is 29.4 Å². The number of hydrogen-bond donors (Lipinski definition) is 0. The van der Waals surface area contributed by atoms with Gasteiger partial charge in [0.15, 0.2) is 0 Å². The van der Waals surface area contributed by atoms with Crippen molar-refractivity contribution < 1.29 is 14.0 Å². The lowest BCUT2D eigenvalue weighted by Crippen LogP contribution is -2.41. The number of halogens is 1. The third kappa shape index (κ3) is 3.59. The van der Waals surface area contributed by atoms with Gasteiger partial charge < -0.3 is 14.0 Å². The number of hydrogen-bond acceptors (Lipinski definition) is 4. The van der Waals surface area contributed by atoms with Gasteiger partial charge in [0.1, 0.15) is 6.10 Å². The van der Waals surface area contributed by atoms with Gasteiger partial charge >= 0.3 is 7.12 Å². The lowest BCUT2D eigenvalue weighted by molar-refractivity contribution is 0.00578. The van der Waals surface area contributed by atoms with Gasteiger partial charge in [-0.15, -0.1) is 0 Å². The zero-order chi connectivity index (χ0) is 16.7. The van der Waals surface area contributed by atoms with E-state index in [4.69, 9.17) is 14.0 Å². The van der Waals surface area contributed by atoms with E-state index in [1.807, 2.05) is 6.07 Å². The summed E-state index contributed by atoms with van der Waals surface area (Å²) >= 11 is 3.58. The van der Waals surface area contributed by atoms with Crippen molar-refractivity contribution in [3.05, 3.63) is 16.7 Å². The normalized spacial score (nSPS) is 24.0. The Morgan fingerprint density at radius 1 is 1.13 bits per heavy atom. The number of aromatic nitrogens is 1. The van der Waals surface area contributed by atoms with E-state index in [0.29, 0.717) is 5.88 Å². The first-order valence-corrected chi connectivity index (χ1v) is 9.25. The standard InChI is InChI=1S/C17H25BBrNO3/c1-16(2)17(3,4)23-18(22-16)12-10-14(19)15(20-11-12)21-13-8-6-5-7-9-13/h10-11,13H,5-9H2,1-4H3. The van der Waals surface area contributed by atoms with Crippen LogP contribution in [0.5, 0.6) is 5.88 Å². The largest absolute Gasteiger partial charge is 0.496 e. The zero-order valence-electron chi connectivity index (χ0n) is 14.4. The van der Waals surface area contributed by atoms with Crippen LogP contribution < -0.4 is 10.2 Å². The molecule has 0 unspecified atom stereocenters. The molecule has 126 valence electrons. The fourth-order valence-electron chi connectivity index (χ4n) is 2.98. The van der Waals surface area contributed by atoms with Crippen molar-refractivity contribution in [2.75, 3.05) is 0 Å². The van der Waals surface area contributed by atoms with Crippen LogP contribution in [0.2, 0.25) is 0 Å². The van der Waals surface area contributed by atoms with Crippen LogP contribution in [0.3, 0.4) is 0 Å². The molecule has 2 aliphatic rings. The van der Waals surface area contributed by atoms with E-state index in [-0.39, 0.29) is 17.3 Å².